The minimum absolute atomic E-state index is 0.0364. The van der Waals surface area contributed by atoms with Gasteiger partial charge in [0.05, 0.1) is 17.2 Å². The number of aromatic hydroxyl groups is 1. The third kappa shape index (κ3) is 4.71. The standard InChI is InChI=1S/C29H34N4O3S/c1-18-19(2)26(34)20(3)24-17-36-29(4,16-23(18)24)28(35)33-13-11-32(12-14-33)22-9-7-21(8-10-22)31-27(30)25-6-5-15-37-25/h5-10,15,34H,11-14,16-17H2,1-4H3,(H2,30,31). The Bertz CT molecular complexity index is 1340. The van der Waals surface area contributed by atoms with E-state index < -0.39 is 5.60 Å². The normalized spacial score (nSPS) is 20.2. The van der Waals surface area contributed by atoms with Crippen LogP contribution in [0.1, 0.15) is 39.6 Å². The van der Waals surface area contributed by atoms with Crippen LogP contribution in [-0.4, -0.2) is 53.5 Å². The molecule has 0 bridgehead atoms. The second-order valence-electron chi connectivity index (χ2n) is 10.1. The minimum atomic E-state index is -0.905. The Morgan fingerprint density at radius 3 is 2.38 bits per heavy atom. The molecule has 3 N–H and O–H groups in total. The molecule has 7 nitrogen and oxygen atoms in total. The number of carbonyl (C=O) groups is 1. The summed E-state index contributed by atoms with van der Waals surface area (Å²) in [6.07, 6.45) is 0.520. The molecule has 3 aromatic rings. The number of nitrogens with two attached hydrogens (primary N) is 1. The maximum atomic E-state index is 13.6. The van der Waals surface area contributed by atoms with Crippen molar-refractivity contribution in [3.63, 3.8) is 0 Å². The number of nitrogens with zero attached hydrogens (tertiary/aromatic N) is 3. The number of benzene rings is 2. The number of aliphatic imine (C=N–C) groups is 1. The molecule has 2 aromatic carbocycles. The van der Waals surface area contributed by atoms with E-state index in [9.17, 15) is 9.90 Å². The van der Waals surface area contributed by atoms with Crippen LogP contribution in [0.2, 0.25) is 0 Å². The highest BCUT2D eigenvalue weighted by Crippen LogP contribution is 2.39. The Hall–Kier alpha value is -3.36. The number of phenolic OH excluding ortho intramolecular Hbond substituents is 1. The van der Waals surface area contributed by atoms with Crippen molar-refractivity contribution in [3.8, 4) is 5.75 Å². The topological polar surface area (TPSA) is 91.4 Å². The van der Waals surface area contributed by atoms with Gasteiger partial charge in [-0.25, -0.2) is 4.99 Å². The summed E-state index contributed by atoms with van der Waals surface area (Å²) in [4.78, 5) is 23.3. The third-order valence-corrected chi connectivity index (χ3v) is 8.74. The molecule has 194 valence electrons. The van der Waals surface area contributed by atoms with Crippen LogP contribution in [-0.2, 0) is 22.6 Å². The van der Waals surface area contributed by atoms with Gasteiger partial charge >= 0.3 is 0 Å². The number of carbonyl (C=O) groups excluding carboxylic acids is 1. The van der Waals surface area contributed by atoms with Crippen LogP contribution in [0.5, 0.6) is 5.75 Å². The maximum Gasteiger partial charge on any atom is 0.255 e. The number of amides is 1. The molecule has 8 heteroatoms. The fourth-order valence-electron chi connectivity index (χ4n) is 5.33. The van der Waals surface area contributed by atoms with Crippen LogP contribution in [0.15, 0.2) is 46.8 Å². The second-order valence-corrected chi connectivity index (χ2v) is 11.1. The van der Waals surface area contributed by atoms with Crippen molar-refractivity contribution >= 4 is 34.5 Å². The van der Waals surface area contributed by atoms with E-state index in [-0.39, 0.29) is 5.91 Å². The van der Waals surface area contributed by atoms with E-state index in [2.05, 4.69) is 22.0 Å². The summed E-state index contributed by atoms with van der Waals surface area (Å²) in [5, 5.41) is 12.4. The van der Waals surface area contributed by atoms with Gasteiger partial charge in [-0.15, -0.1) is 11.3 Å². The summed E-state index contributed by atoms with van der Waals surface area (Å²) in [6.45, 7) is 10.9. The molecule has 1 amide bonds. The van der Waals surface area contributed by atoms with E-state index in [4.69, 9.17) is 10.5 Å². The Labute approximate surface area is 222 Å². The molecular formula is C29H34N4O3S. The van der Waals surface area contributed by atoms with E-state index in [1.165, 1.54) is 0 Å². The molecule has 37 heavy (non-hydrogen) atoms. The predicted octanol–water partition coefficient (Wildman–Crippen LogP) is 4.60. The molecule has 0 radical (unpaired) electrons. The molecule has 1 atom stereocenters. The number of thiophene rings is 1. The van der Waals surface area contributed by atoms with Crippen LogP contribution in [0.25, 0.3) is 0 Å². The zero-order valence-corrected chi connectivity index (χ0v) is 22.7. The smallest absolute Gasteiger partial charge is 0.255 e. The van der Waals surface area contributed by atoms with Crippen molar-refractivity contribution in [2.75, 3.05) is 31.1 Å². The Balaban J connectivity index is 1.23. The highest BCUT2D eigenvalue weighted by atomic mass is 32.1. The number of phenols is 1. The van der Waals surface area contributed by atoms with Crippen LogP contribution < -0.4 is 10.6 Å². The summed E-state index contributed by atoms with van der Waals surface area (Å²) in [6, 6.07) is 12.0. The molecule has 0 aliphatic carbocycles. The number of hydrogen-bond acceptors (Lipinski definition) is 6. The number of amidine groups is 1. The van der Waals surface area contributed by atoms with Crippen LogP contribution in [0.3, 0.4) is 0 Å². The molecule has 0 saturated carbocycles. The molecule has 0 spiro atoms. The highest BCUT2D eigenvalue weighted by molar-refractivity contribution is 7.12. The molecular weight excluding hydrogens is 484 g/mol. The zero-order chi connectivity index (χ0) is 26.3. The average molecular weight is 519 g/mol. The summed E-state index contributed by atoms with van der Waals surface area (Å²) in [5.74, 6) is 0.888. The van der Waals surface area contributed by atoms with E-state index in [1.807, 2.05) is 62.2 Å². The first-order chi connectivity index (χ1) is 17.7. The van der Waals surface area contributed by atoms with Crippen LogP contribution in [0, 0.1) is 20.8 Å². The van der Waals surface area contributed by atoms with E-state index in [0.29, 0.717) is 37.7 Å². The molecule has 1 aromatic heterocycles. The van der Waals surface area contributed by atoms with Crippen molar-refractivity contribution in [3.05, 3.63) is 74.5 Å². The Morgan fingerprint density at radius 2 is 1.73 bits per heavy atom. The number of ether oxygens (including phenoxy) is 1. The van der Waals surface area contributed by atoms with Crippen molar-refractivity contribution in [1.29, 1.82) is 0 Å². The van der Waals surface area contributed by atoms with Crippen LogP contribution >= 0.6 is 11.3 Å². The molecule has 3 heterocycles. The average Bonchev–Trinajstić information content (AvgIpc) is 3.46. The summed E-state index contributed by atoms with van der Waals surface area (Å²) in [7, 11) is 0. The Kier molecular flexibility index (Phi) is 6.72. The number of anilines is 1. The molecule has 1 unspecified atom stereocenters. The predicted molar refractivity (Wildman–Crippen MR) is 149 cm³/mol. The number of hydrogen-bond donors (Lipinski definition) is 2. The second kappa shape index (κ2) is 9.84. The van der Waals surface area contributed by atoms with Gasteiger partial charge < -0.3 is 25.4 Å². The van der Waals surface area contributed by atoms with E-state index in [0.717, 1.165) is 57.2 Å². The van der Waals surface area contributed by atoms with E-state index in [1.54, 1.807) is 11.3 Å². The first-order valence-electron chi connectivity index (χ1n) is 12.6. The van der Waals surface area contributed by atoms with Gasteiger partial charge in [-0.3, -0.25) is 4.79 Å². The lowest BCUT2D eigenvalue weighted by Gasteiger charge is -2.42. The molecule has 1 fully saturated rings. The first kappa shape index (κ1) is 25.3. The fourth-order valence-corrected chi connectivity index (χ4v) is 5.96. The van der Waals surface area contributed by atoms with Gasteiger partial charge in [-0.05, 0) is 91.2 Å². The van der Waals surface area contributed by atoms with Crippen molar-refractivity contribution < 1.29 is 14.6 Å². The minimum Gasteiger partial charge on any atom is -0.507 e. The van der Waals surface area contributed by atoms with Gasteiger partial charge in [0.15, 0.2) is 0 Å². The van der Waals surface area contributed by atoms with Crippen molar-refractivity contribution in [2.24, 2.45) is 10.7 Å². The summed E-state index contributed by atoms with van der Waals surface area (Å²) >= 11 is 1.57. The highest BCUT2D eigenvalue weighted by Gasteiger charge is 2.43. The monoisotopic (exact) mass is 518 g/mol. The van der Waals surface area contributed by atoms with E-state index >= 15 is 0 Å². The Morgan fingerprint density at radius 1 is 1.03 bits per heavy atom. The summed E-state index contributed by atoms with van der Waals surface area (Å²) in [5.41, 5.74) is 12.1. The van der Waals surface area contributed by atoms with Gasteiger partial charge in [-0.2, -0.15) is 0 Å². The van der Waals surface area contributed by atoms with Gasteiger partial charge in [0.25, 0.3) is 5.91 Å². The molecule has 2 aliphatic rings. The lowest BCUT2D eigenvalue weighted by atomic mass is 9.82. The number of fused-ring (bicyclic) bond motifs is 1. The zero-order valence-electron chi connectivity index (χ0n) is 21.9. The van der Waals surface area contributed by atoms with Crippen molar-refractivity contribution in [1.82, 2.24) is 4.90 Å². The van der Waals surface area contributed by atoms with Gasteiger partial charge in [-0.1, -0.05) is 6.07 Å². The lowest BCUT2D eigenvalue weighted by molar-refractivity contribution is -0.160. The number of rotatable bonds is 4. The molecule has 5 rings (SSSR count). The SMILES string of the molecule is Cc1c(C)c2c(c(C)c1O)COC(C)(C(=O)N1CCN(c3ccc(N=C(N)c4cccs4)cc3)CC1)C2. The lowest BCUT2D eigenvalue weighted by Crippen LogP contribution is -2.57. The third-order valence-electron chi connectivity index (χ3n) is 7.85. The molecule has 2 aliphatic heterocycles. The van der Waals surface area contributed by atoms with Gasteiger partial charge in [0.1, 0.15) is 17.2 Å². The summed E-state index contributed by atoms with van der Waals surface area (Å²) < 4.78 is 6.18. The van der Waals surface area contributed by atoms with Gasteiger partial charge in [0, 0.05) is 38.3 Å². The van der Waals surface area contributed by atoms with Crippen molar-refractivity contribution in [2.45, 2.75) is 46.3 Å². The first-order valence-corrected chi connectivity index (χ1v) is 13.5. The van der Waals surface area contributed by atoms with Crippen LogP contribution in [0.4, 0.5) is 11.4 Å². The van der Waals surface area contributed by atoms with Gasteiger partial charge in [0.2, 0.25) is 0 Å². The maximum absolute atomic E-state index is 13.6. The quantitative estimate of drug-likeness (QED) is 0.389. The largest absolute Gasteiger partial charge is 0.507 e. The fraction of sp³-hybridized carbons (Fsp3) is 0.379. The number of piperazine rings is 1. The molecule has 1 saturated heterocycles.